The maximum Gasteiger partial charge on any atom is 0.335 e. The molecule has 1 unspecified atom stereocenters. The summed E-state index contributed by atoms with van der Waals surface area (Å²) in [6, 6.07) is 5.27. The molecule has 0 spiro atoms. The molecule has 1 heterocycles. The van der Waals surface area contributed by atoms with Crippen molar-refractivity contribution in [3.05, 3.63) is 55.7 Å². The van der Waals surface area contributed by atoms with Gasteiger partial charge in [0.05, 0.1) is 5.69 Å². The molecule has 0 saturated heterocycles. The Kier molecular flexibility index (Phi) is 7.91. The molecule has 1 aromatic carbocycles. The summed E-state index contributed by atoms with van der Waals surface area (Å²) in [5, 5.41) is 11.0. The van der Waals surface area contributed by atoms with Gasteiger partial charge in [-0.1, -0.05) is 11.6 Å². The SMILES string of the molecule is CSCCC(N=Cc1c(O)n(-c2ccc(Cl)cc2)c(=O)[nH]c1=O)C(=O)OC(C)(C)C. The van der Waals surface area contributed by atoms with Gasteiger partial charge < -0.3 is 9.84 Å². The zero-order valence-corrected chi connectivity index (χ0v) is 18.7. The average Bonchev–Trinajstić information content (AvgIpc) is 2.63. The molecular weight excluding hydrogens is 430 g/mol. The summed E-state index contributed by atoms with van der Waals surface area (Å²) >= 11 is 7.40. The second-order valence-electron chi connectivity index (χ2n) is 7.42. The fraction of sp³-hybridized carbons (Fsp3) is 0.400. The van der Waals surface area contributed by atoms with Crippen LogP contribution < -0.4 is 11.2 Å². The molecular formula is C20H24ClN3O5S. The molecule has 1 aromatic heterocycles. The van der Waals surface area contributed by atoms with Crippen molar-refractivity contribution >= 4 is 35.5 Å². The molecule has 8 nitrogen and oxygen atoms in total. The molecule has 0 aliphatic carbocycles. The van der Waals surface area contributed by atoms with Crippen molar-refractivity contribution in [2.45, 2.75) is 38.8 Å². The van der Waals surface area contributed by atoms with Crippen LogP contribution in [0.4, 0.5) is 0 Å². The molecule has 2 aromatic rings. The smallest absolute Gasteiger partial charge is 0.335 e. The lowest BCUT2D eigenvalue weighted by Gasteiger charge is -2.22. The number of aliphatic imine (C=N–C) groups is 1. The fourth-order valence-corrected chi connectivity index (χ4v) is 3.09. The number of hydrogen-bond acceptors (Lipinski definition) is 7. The molecule has 30 heavy (non-hydrogen) atoms. The molecule has 0 amide bonds. The van der Waals surface area contributed by atoms with Crippen molar-refractivity contribution < 1.29 is 14.6 Å². The van der Waals surface area contributed by atoms with Crippen LogP contribution in [0.3, 0.4) is 0 Å². The van der Waals surface area contributed by atoms with Crippen LogP contribution >= 0.6 is 23.4 Å². The zero-order valence-electron chi connectivity index (χ0n) is 17.1. The number of hydrogen-bond donors (Lipinski definition) is 2. The Balaban J connectivity index is 2.46. The third-order valence-corrected chi connectivity index (χ3v) is 4.76. The maximum atomic E-state index is 12.5. The highest BCUT2D eigenvalue weighted by Gasteiger charge is 2.24. The number of rotatable bonds is 7. The number of benzene rings is 1. The Morgan fingerprint density at radius 1 is 1.33 bits per heavy atom. The number of aromatic nitrogens is 2. The van der Waals surface area contributed by atoms with E-state index in [1.807, 2.05) is 6.26 Å². The normalized spacial score (nSPS) is 12.8. The topological polar surface area (TPSA) is 114 Å². The summed E-state index contributed by atoms with van der Waals surface area (Å²) in [6.07, 6.45) is 3.38. The molecule has 162 valence electrons. The van der Waals surface area contributed by atoms with E-state index in [-0.39, 0.29) is 5.56 Å². The van der Waals surface area contributed by atoms with E-state index in [1.54, 1.807) is 44.7 Å². The molecule has 0 fully saturated rings. The average molecular weight is 454 g/mol. The number of carbonyl (C=O) groups is 1. The first kappa shape index (κ1) is 23.8. The lowest BCUT2D eigenvalue weighted by atomic mass is 10.1. The molecule has 2 rings (SSSR count). The van der Waals surface area contributed by atoms with E-state index in [4.69, 9.17) is 16.3 Å². The first-order valence-corrected chi connectivity index (χ1v) is 10.9. The number of carbonyl (C=O) groups excluding carboxylic acids is 1. The summed E-state index contributed by atoms with van der Waals surface area (Å²) in [6.45, 7) is 5.25. The Labute approximate surface area is 183 Å². The quantitative estimate of drug-likeness (QED) is 0.492. The number of ether oxygens (including phenoxy) is 1. The van der Waals surface area contributed by atoms with Crippen LogP contribution in [0.2, 0.25) is 5.02 Å². The lowest BCUT2D eigenvalue weighted by Crippen LogP contribution is -2.33. The van der Waals surface area contributed by atoms with E-state index in [9.17, 15) is 19.5 Å². The van der Waals surface area contributed by atoms with Gasteiger partial charge in [0.2, 0.25) is 5.88 Å². The van der Waals surface area contributed by atoms with Gasteiger partial charge in [-0.25, -0.2) is 14.2 Å². The first-order valence-electron chi connectivity index (χ1n) is 9.12. The molecule has 0 aliphatic rings. The molecule has 0 bridgehead atoms. The number of aromatic hydroxyl groups is 1. The molecule has 1 atom stereocenters. The second-order valence-corrected chi connectivity index (χ2v) is 8.84. The van der Waals surface area contributed by atoms with Crippen LogP contribution in [0.1, 0.15) is 32.8 Å². The van der Waals surface area contributed by atoms with Crippen LogP contribution in [0.25, 0.3) is 5.69 Å². The molecule has 2 N–H and O–H groups in total. The van der Waals surface area contributed by atoms with Crippen LogP contribution in [0, 0.1) is 0 Å². The van der Waals surface area contributed by atoms with Gasteiger partial charge in [0.15, 0.2) is 0 Å². The van der Waals surface area contributed by atoms with E-state index in [2.05, 4.69) is 9.98 Å². The van der Waals surface area contributed by atoms with Crippen molar-refractivity contribution in [2.24, 2.45) is 4.99 Å². The van der Waals surface area contributed by atoms with Crippen LogP contribution in [-0.4, -0.2) is 50.5 Å². The number of thioether (sulfide) groups is 1. The van der Waals surface area contributed by atoms with Crippen molar-refractivity contribution in [2.75, 3.05) is 12.0 Å². The van der Waals surface area contributed by atoms with E-state index in [0.717, 1.165) is 10.8 Å². The first-order chi connectivity index (χ1) is 14.0. The van der Waals surface area contributed by atoms with Gasteiger partial charge in [-0.15, -0.1) is 0 Å². The minimum atomic E-state index is -0.855. The molecule has 0 saturated carbocycles. The van der Waals surface area contributed by atoms with Gasteiger partial charge in [0, 0.05) is 11.2 Å². The summed E-state index contributed by atoms with van der Waals surface area (Å²) in [7, 11) is 0. The number of esters is 1. The third-order valence-electron chi connectivity index (χ3n) is 3.86. The summed E-state index contributed by atoms with van der Waals surface area (Å²) in [4.78, 5) is 43.3. The predicted octanol–water partition coefficient (Wildman–Crippen LogP) is 2.77. The number of halogens is 1. The van der Waals surface area contributed by atoms with Crippen molar-refractivity contribution in [3.8, 4) is 11.6 Å². The highest BCUT2D eigenvalue weighted by atomic mass is 35.5. The van der Waals surface area contributed by atoms with E-state index in [0.29, 0.717) is 22.9 Å². The minimum absolute atomic E-state index is 0.248. The number of aromatic amines is 1. The van der Waals surface area contributed by atoms with Gasteiger partial charge in [-0.05, 0) is 63.5 Å². The van der Waals surface area contributed by atoms with Gasteiger partial charge in [0.1, 0.15) is 17.2 Å². The largest absolute Gasteiger partial charge is 0.493 e. The molecule has 0 aliphatic heterocycles. The van der Waals surface area contributed by atoms with E-state index < -0.39 is 34.7 Å². The Hall–Kier alpha value is -2.52. The number of nitrogens with one attached hydrogen (secondary N) is 1. The highest BCUT2D eigenvalue weighted by Crippen LogP contribution is 2.18. The summed E-state index contributed by atoms with van der Waals surface area (Å²) in [5.41, 5.74) is -2.27. The van der Waals surface area contributed by atoms with Gasteiger partial charge in [0.25, 0.3) is 5.56 Å². The van der Waals surface area contributed by atoms with E-state index in [1.165, 1.54) is 12.1 Å². The van der Waals surface area contributed by atoms with Gasteiger partial charge >= 0.3 is 11.7 Å². The summed E-state index contributed by atoms with van der Waals surface area (Å²) in [5.74, 6) is -0.481. The summed E-state index contributed by atoms with van der Waals surface area (Å²) < 4.78 is 6.31. The van der Waals surface area contributed by atoms with E-state index >= 15 is 0 Å². The maximum absolute atomic E-state index is 12.5. The van der Waals surface area contributed by atoms with Crippen molar-refractivity contribution in [3.63, 3.8) is 0 Å². The lowest BCUT2D eigenvalue weighted by molar-refractivity contribution is -0.156. The van der Waals surface area contributed by atoms with Crippen LogP contribution in [0.5, 0.6) is 5.88 Å². The Bertz CT molecular complexity index is 1040. The second kappa shape index (κ2) is 9.99. The fourth-order valence-electron chi connectivity index (χ4n) is 2.50. The standard InChI is InChI=1S/C20H24ClN3O5S/c1-20(2,3)29-18(27)15(9-10-30-4)22-11-14-16(25)23-19(28)24(17(14)26)13-7-5-12(21)6-8-13/h5-8,11,15,26H,9-10H2,1-4H3,(H,23,25,28). The van der Waals surface area contributed by atoms with Crippen LogP contribution in [-0.2, 0) is 9.53 Å². The third kappa shape index (κ3) is 6.24. The van der Waals surface area contributed by atoms with Gasteiger partial charge in [-0.3, -0.25) is 14.8 Å². The predicted molar refractivity (Wildman–Crippen MR) is 120 cm³/mol. The minimum Gasteiger partial charge on any atom is -0.493 e. The van der Waals surface area contributed by atoms with Crippen molar-refractivity contribution in [1.82, 2.24) is 9.55 Å². The molecule has 0 radical (unpaired) electrons. The van der Waals surface area contributed by atoms with Gasteiger partial charge in [-0.2, -0.15) is 11.8 Å². The zero-order chi connectivity index (χ0) is 22.5. The van der Waals surface area contributed by atoms with Crippen molar-refractivity contribution in [1.29, 1.82) is 0 Å². The molecule has 10 heteroatoms. The Morgan fingerprint density at radius 2 is 1.97 bits per heavy atom. The number of nitrogens with zero attached hydrogens (tertiary/aromatic N) is 2. The number of H-pyrrole nitrogens is 1. The van der Waals surface area contributed by atoms with Crippen LogP contribution in [0.15, 0.2) is 38.8 Å². The Morgan fingerprint density at radius 3 is 2.53 bits per heavy atom. The highest BCUT2D eigenvalue weighted by molar-refractivity contribution is 7.98. The monoisotopic (exact) mass is 453 g/mol.